The summed E-state index contributed by atoms with van der Waals surface area (Å²) >= 11 is 0. The predicted molar refractivity (Wildman–Crippen MR) is 303 cm³/mol. The average molecular weight is 1070 g/mol. The first-order valence-corrected chi connectivity index (χ1v) is 25.4. The summed E-state index contributed by atoms with van der Waals surface area (Å²) in [6, 6.07) is 39.5. The fourth-order valence-corrected chi connectivity index (χ4v) is 10.9. The smallest absolute Gasteiger partial charge is 0.140 e. The lowest BCUT2D eigenvalue weighted by Gasteiger charge is -2.34. The molecule has 0 unspecified atom stereocenters. The van der Waals surface area contributed by atoms with Crippen LogP contribution < -0.4 is 19.6 Å². The van der Waals surface area contributed by atoms with Crippen LogP contribution in [-0.2, 0) is 0 Å². The first-order valence-electron chi connectivity index (χ1n) is 25.4. The maximum atomic E-state index is 16.0. The summed E-state index contributed by atoms with van der Waals surface area (Å²) in [5.74, 6) is -4.40. The number of nitrogens with zero attached hydrogens (tertiary/aromatic N) is 8. The van der Waals surface area contributed by atoms with E-state index in [1.54, 1.807) is 76.7 Å². The molecule has 4 heterocycles. The largest absolute Gasteiger partial charge is 0.294 e. The molecular formula is C65H45F7N8. The summed E-state index contributed by atoms with van der Waals surface area (Å²) in [5, 5.41) is 3.13. The van der Waals surface area contributed by atoms with Gasteiger partial charge in [0.1, 0.15) is 64.0 Å². The van der Waals surface area contributed by atoms with Crippen LogP contribution in [0, 0.1) is 75.3 Å². The molecule has 8 aromatic carbocycles. The Bertz CT molecular complexity index is 3790. The topological polar surface area (TPSA) is 64.5 Å². The molecule has 0 atom stereocenters. The third kappa shape index (κ3) is 9.05. The fourth-order valence-electron chi connectivity index (χ4n) is 10.9. The first kappa shape index (κ1) is 50.9. The molecule has 0 aliphatic heterocycles. The Morgan fingerprint density at radius 2 is 0.512 bits per heavy atom. The zero-order chi connectivity index (χ0) is 55.7. The maximum Gasteiger partial charge on any atom is 0.140 e. The lowest BCUT2D eigenvalue weighted by atomic mass is 9.89. The predicted octanol–water partition coefficient (Wildman–Crippen LogP) is 18.6. The van der Waals surface area contributed by atoms with Gasteiger partial charge in [-0.2, -0.15) is 0 Å². The monoisotopic (exact) mass is 1070 g/mol. The van der Waals surface area contributed by atoms with Crippen molar-refractivity contribution in [1.29, 1.82) is 0 Å². The van der Waals surface area contributed by atoms with E-state index < -0.39 is 40.7 Å². The number of hydrogen-bond acceptors (Lipinski definition) is 8. The van der Waals surface area contributed by atoms with E-state index in [1.165, 1.54) is 48.5 Å². The molecule has 0 spiro atoms. The highest BCUT2D eigenvalue weighted by Gasteiger charge is 2.32. The summed E-state index contributed by atoms with van der Waals surface area (Å²) in [7, 11) is 0. The van der Waals surface area contributed by atoms with Gasteiger partial charge >= 0.3 is 0 Å². The maximum absolute atomic E-state index is 16.0. The Kier molecular flexibility index (Phi) is 12.8. The van der Waals surface area contributed by atoms with E-state index >= 15 is 30.7 Å². The van der Waals surface area contributed by atoms with Gasteiger partial charge in [-0.05, 0) is 153 Å². The molecule has 0 aliphatic carbocycles. The highest BCUT2D eigenvalue weighted by molar-refractivity contribution is 6.33. The first-order chi connectivity index (χ1) is 38.6. The van der Waals surface area contributed by atoms with Crippen molar-refractivity contribution in [2.24, 2.45) is 0 Å². The summed E-state index contributed by atoms with van der Waals surface area (Å²) in [6.07, 6.45) is 6.33. The summed E-state index contributed by atoms with van der Waals surface area (Å²) < 4.78 is 111. The number of hydrogen-bond donors (Lipinski definition) is 0. The molecule has 80 heavy (non-hydrogen) atoms. The van der Waals surface area contributed by atoms with Crippen molar-refractivity contribution in [3.63, 3.8) is 0 Å². The molecule has 0 bridgehead atoms. The number of aromatic nitrogens is 4. The third-order valence-corrected chi connectivity index (χ3v) is 14.2. The minimum atomic E-state index is -0.872. The third-order valence-electron chi connectivity index (χ3n) is 14.2. The molecule has 0 saturated carbocycles. The second-order valence-corrected chi connectivity index (χ2v) is 19.7. The van der Waals surface area contributed by atoms with Crippen LogP contribution in [-0.4, -0.2) is 19.9 Å². The Hall–Kier alpha value is -9.89. The minimum Gasteiger partial charge on any atom is -0.294 e. The van der Waals surface area contributed by atoms with Gasteiger partial charge in [0.25, 0.3) is 0 Å². The van der Waals surface area contributed by atoms with E-state index in [-0.39, 0.29) is 17.1 Å². The quantitative estimate of drug-likeness (QED) is 0.0886. The molecule has 0 N–H and O–H groups in total. The van der Waals surface area contributed by atoms with Gasteiger partial charge < -0.3 is 0 Å². The Balaban J connectivity index is 1.34. The second kappa shape index (κ2) is 20.2. The van der Waals surface area contributed by atoms with Crippen molar-refractivity contribution in [3.05, 3.63) is 251 Å². The number of anilines is 12. The van der Waals surface area contributed by atoms with E-state index in [0.29, 0.717) is 112 Å². The number of halogens is 7. The highest BCUT2D eigenvalue weighted by atomic mass is 19.2. The summed E-state index contributed by atoms with van der Waals surface area (Å²) in [6.45, 7) is 9.10. The van der Waals surface area contributed by atoms with Gasteiger partial charge in [-0.3, -0.25) is 19.6 Å². The lowest BCUT2D eigenvalue weighted by molar-refractivity contribution is 0.583. The number of pyridine rings is 4. The molecule has 394 valence electrons. The van der Waals surface area contributed by atoms with Crippen molar-refractivity contribution in [2.45, 2.75) is 34.6 Å². The van der Waals surface area contributed by atoms with Crippen LogP contribution in [0.2, 0.25) is 0 Å². The van der Waals surface area contributed by atoms with Crippen LogP contribution in [0.3, 0.4) is 0 Å². The molecule has 0 aliphatic rings. The van der Waals surface area contributed by atoms with Crippen molar-refractivity contribution in [1.82, 2.24) is 19.9 Å². The molecule has 0 amide bonds. The standard InChI is InChI=1S/C65H45F7N8/c1-36-22-41(66)27-48(23-36)77(62-37(2)10-6-18-73-62)56-34-57(78(63-38(3)11-7-19-74-63)49-28-42(67)24-43(68)29-49)53-16-17-55-59(80(65-40(5)13-9-21-76-65)51-32-46(71)26-47(72)33-51)35-58(54-15-14-52(56)60(53)61(54)55)79(64-39(4)12-8-20-75-64)50-30-44(69)25-45(70)31-50/h6-35H,1-5H3. The lowest BCUT2D eigenvalue weighted by Crippen LogP contribution is -2.18. The van der Waals surface area contributed by atoms with Crippen molar-refractivity contribution in [2.75, 3.05) is 19.6 Å². The highest BCUT2D eigenvalue weighted by Crippen LogP contribution is 2.55. The molecule has 0 fully saturated rings. The van der Waals surface area contributed by atoms with Crippen LogP contribution in [0.1, 0.15) is 27.8 Å². The van der Waals surface area contributed by atoms with Crippen LogP contribution in [0.15, 0.2) is 183 Å². The summed E-state index contributed by atoms with van der Waals surface area (Å²) in [5.41, 5.74) is 5.18. The second-order valence-electron chi connectivity index (χ2n) is 19.7. The van der Waals surface area contributed by atoms with Gasteiger partial charge in [0.2, 0.25) is 0 Å². The number of aryl methyl sites for hydroxylation is 5. The normalized spacial score (nSPS) is 11.5. The zero-order valence-corrected chi connectivity index (χ0v) is 43.5. The van der Waals surface area contributed by atoms with Crippen molar-refractivity contribution in [3.8, 4) is 0 Å². The molecule has 8 nitrogen and oxygen atoms in total. The van der Waals surface area contributed by atoms with Gasteiger partial charge in [-0.1, -0.05) is 48.5 Å². The van der Waals surface area contributed by atoms with E-state index in [2.05, 4.69) is 0 Å². The Morgan fingerprint density at radius 1 is 0.275 bits per heavy atom. The molecule has 0 saturated heterocycles. The Morgan fingerprint density at radius 3 is 0.750 bits per heavy atom. The number of rotatable bonds is 12. The van der Waals surface area contributed by atoms with Crippen LogP contribution in [0.25, 0.3) is 32.3 Å². The fraction of sp³-hybridized carbons (Fsp3) is 0.0769. The van der Waals surface area contributed by atoms with Crippen molar-refractivity contribution >= 4 is 101 Å². The van der Waals surface area contributed by atoms with Gasteiger partial charge in [-0.25, -0.2) is 50.7 Å². The molecular weight excluding hydrogens is 1030 g/mol. The van der Waals surface area contributed by atoms with Crippen LogP contribution in [0.4, 0.5) is 99.5 Å². The van der Waals surface area contributed by atoms with E-state index in [0.717, 1.165) is 18.2 Å². The Labute approximate surface area is 455 Å². The number of benzene rings is 8. The van der Waals surface area contributed by atoms with E-state index in [9.17, 15) is 0 Å². The van der Waals surface area contributed by atoms with E-state index in [4.69, 9.17) is 19.9 Å². The van der Waals surface area contributed by atoms with Crippen molar-refractivity contribution < 1.29 is 30.7 Å². The van der Waals surface area contributed by atoms with Gasteiger partial charge in [0.15, 0.2) is 0 Å². The molecule has 0 radical (unpaired) electrons. The average Bonchev–Trinajstić information content (AvgIpc) is 3.60. The minimum absolute atomic E-state index is 0.0484. The molecule has 4 aromatic heterocycles. The van der Waals surface area contributed by atoms with Gasteiger partial charge in [0.05, 0.1) is 45.5 Å². The molecule has 12 aromatic rings. The van der Waals surface area contributed by atoms with Gasteiger partial charge in [-0.15, -0.1) is 0 Å². The molecule has 15 heteroatoms. The molecule has 12 rings (SSSR count). The van der Waals surface area contributed by atoms with Gasteiger partial charge in [0, 0.05) is 75.3 Å². The summed E-state index contributed by atoms with van der Waals surface area (Å²) in [4.78, 5) is 26.1. The zero-order valence-electron chi connectivity index (χ0n) is 43.5. The van der Waals surface area contributed by atoms with Crippen LogP contribution >= 0.6 is 0 Å². The van der Waals surface area contributed by atoms with E-state index in [1.807, 2.05) is 93.3 Å². The van der Waals surface area contributed by atoms with Crippen LogP contribution in [0.5, 0.6) is 0 Å². The SMILES string of the molecule is Cc1cc(F)cc(N(c2ncccc2C)c2cc(N(c3cc(F)cc(F)c3)c3ncccc3C)c3ccc4c(N(c5cc(F)cc(F)c5)c5ncccc5C)cc(N(c5cc(F)cc(F)c5)c5ncccc5C)c5ccc2c3c54)c1.